The third-order valence-electron chi connectivity index (χ3n) is 5.40. The van der Waals surface area contributed by atoms with E-state index in [9.17, 15) is 0 Å². The van der Waals surface area contributed by atoms with Crippen LogP contribution in [0.1, 0.15) is 24.8 Å². The van der Waals surface area contributed by atoms with Crippen molar-refractivity contribution in [2.24, 2.45) is 5.41 Å². The Labute approximate surface area is 137 Å². The molecule has 0 aromatic heterocycles. The summed E-state index contributed by atoms with van der Waals surface area (Å²) in [5, 5.41) is 0. The van der Waals surface area contributed by atoms with Gasteiger partial charge in [0.1, 0.15) is 0 Å². The van der Waals surface area contributed by atoms with Gasteiger partial charge in [-0.15, -0.1) is 0 Å². The lowest BCUT2D eigenvalue weighted by Crippen LogP contribution is -2.40. The van der Waals surface area contributed by atoms with Gasteiger partial charge in [0.25, 0.3) is 0 Å². The molecule has 5 nitrogen and oxygen atoms in total. The van der Waals surface area contributed by atoms with Crippen LogP contribution in [0.5, 0.6) is 11.5 Å². The van der Waals surface area contributed by atoms with Gasteiger partial charge < -0.3 is 18.9 Å². The quantitative estimate of drug-likeness (QED) is 0.852. The van der Waals surface area contributed by atoms with Crippen LogP contribution in [0.4, 0.5) is 0 Å². The van der Waals surface area contributed by atoms with Gasteiger partial charge in [-0.25, -0.2) is 0 Å². The van der Waals surface area contributed by atoms with Crippen molar-refractivity contribution in [2.75, 3.05) is 40.2 Å². The molecule has 0 N–H and O–H groups in total. The SMILES string of the molecule is COC[C@H]1CC2(CCN(Cc3ccc4c(c3)OCO4)CC2)CO1. The molecule has 0 bridgehead atoms. The summed E-state index contributed by atoms with van der Waals surface area (Å²) in [6.07, 6.45) is 3.88. The summed E-state index contributed by atoms with van der Waals surface area (Å²) < 4.78 is 22.0. The fourth-order valence-corrected chi connectivity index (χ4v) is 4.02. The van der Waals surface area contributed by atoms with E-state index >= 15 is 0 Å². The molecule has 2 saturated heterocycles. The van der Waals surface area contributed by atoms with Crippen molar-refractivity contribution in [1.82, 2.24) is 4.90 Å². The third kappa shape index (κ3) is 3.18. The molecule has 0 saturated carbocycles. The number of ether oxygens (including phenoxy) is 4. The van der Waals surface area contributed by atoms with Crippen molar-refractivity contribution < 1.29 is 18.9 Å². The fourth-order valence-electron chi connectivity index (χ4n) is 4.02. The second-order valence-electron chi connectivity index (χ2n) is 7.06. The summed E-state index contributed by atoms with van der Waals surface area (Å²) in [6, 6.07) is 6.27. The van der Waals surface area contributed by atoms with Gasteiger partial charge in [0.05, 0.1) is 19.3 Å². The first-order valence-corrected chi connectivity index (χ1v) is 8.48. The van der Waals surface area contributed by atoms with Crippen LogP contribution in [-0.2, 0) is 16.0 Å². The molecule has 0 unspecified atom stereocenters. The summed E-state index contributed by atoms with van der Waals surface area (Å²) in [6.45, 7) is 5.22. The third-order valence-corrected chi connectivity index (χ3v) is 5.40. The molecule has 126 valence electrons. The zero-order valence-corrected chi connectivity index (χ0v) is 13.8. The summed E-state index contributed by atoms with van der Waals surface area (Å²) in [5.41, 5.74) is 1.68. The Morgan fingerprint density at radius 3 is 2.87 bits per heavy atom. The topological polar surface area (TPSA) is 40.2 Å². The highest BCUT2D eigenvalue weighted by molar-refractivity contribution is 5.44. The van der Waals surface area contributed by atoms with Crippen molar-refractivity contribution >= 4 is 0 Å². The highest BCUT2D eigenvalue weighted by atomic mass is 16.7. The minimum atomic E-state index is 0.292. The van der Waals surface area contributed by atoms with E-state index in [0.29, 0.717) is 18.3 Å². The van der Waals surface area contributed by atoms with Gasteiger partial charge in [0, 0.05) is 13.7 Å². The molecule has 0 radical (unpaired) electrons. The Bertz CT molecular complexity index is 554. The minimum Gasteiger partial charge on any atom is -0.454 e. The normalized spacial score (nSPS) is 26.0. The van der Waals surface area contributed by atoms with E-state index in [1.807, 2.05) is 6.07 Å². The van der Waals surface area contributed by atoms with Crippen LogP contribution < -0.4 is 9.47 Å². The standard InChI is InChI=1S/C18H25NO4/c1-20-11-15-9-18(12-21-15)4-6-19(7-5-18)10-14-2-3-16-17(8-14)23-13-22-16/h2-3,8,15H,4-7,9-13H2,1H3/t15-/m1/s1. The predicted octanol–water partition coefficient (Wildman–Crippen LogP) is 2.43. The van der Waals surface area contributed by atoms with Crippen molar-refractivity contribution in [1.29, 1.82) is 0 Å². The zero-order chi connectivity index (χ0) is 15.7. The summed E-state index contributed by atoms with van der Waals surface area (Å²) in [4.78, 5) is 2.53. The van der Waals surface area contributed by atoms with Crippen molar-refractivity contribution in [3.8, 4) is 11.5 Å². The Morgan fingerprint density at radius 2 is 2.04 bits per heavy atom. The Balaban J connectivity index is 1.32. The van der Waals surface area contributed by atoms with Crippen LogP contribution >= 0.6 is 0 Å². The molecule has 4 rings (SSSR count). The number of fused-ring (bicyclic) bond motifs is 1. The molecule has 3 aliphatic rings. The largest absolute Gasteiger partial charge is 0.454 e. The second kappa shape index (κ2) is 6.30. The van der Waals surface area contributed by atoms with E-state index < -0.39 is 0 Å². The lowest BCUT2D eigenvalue weighted by atomic mass is 9.76. The highest BCUT2D eigenvalue weighted by Gasteiger charge is 2.42. The fraction of sp³-hybridized carbons (Fsp3) is 0.667. The number of hydrogen-bond donors (Lipinski definition) is 0. The molecule has 0 amide bonds. The van der Waals surface area contributed by atoms with E-state index in [2.05, 4.69) is 17.0 Å². The summed E-state index contributed by atoms with van der Waals surface area (Å²) in [5.74, 6) is 1.74. The Hall–Kier alpha value is -1.30. The van der Waals surface area contributed by atoms with Gasteiger partial charge in [-0.1, -0.05) is 6.07 Å². The monoisotopic (exact) mass is 319 g/mol. The number of hydrogen-bond acceptors (Lipinski definition) is 5. The molecular weight excluding hydrogens is 294 g/mol. The first kappa shape index (κ1) is 15.2. The molecule has 1 aromatic rings. The first-order chi connectivity index (χ1) is 11.3. The number of likely N-dealkylation sites (tertiary alicyclic amines) is 1. The number of benzene rings is 1. The van der Waals surface area contributed by atoms with Crippen LogP contribution in [0.3, 0.4) is 0 Å². The van der Waals surface area contributed by atoms with Crippen molar-refractivity contribution in [2.45, 2.75) is 31.9 Å². The molecule has 3 aliphatic heterocycles. The second-order valence-corrected chi connectivity index (χ2v) is 7.06. The van der Waals surface area contributed by atoms with E-state index in [4.69, 9.17) is 18.9 Å². The molecule has 5 heteroatoms. The van der Waals surface area contributed by atoms with Gasteiger partial charge in [-0.05, 0) is 55.5 Å². The van der Waals surface area contributed by atoms with E-state index in [-0.39, 0.29) is 0 Å². The molecule has 1 spiro atoms. The molecule has 1 aromatic carbocycles. The maximum atomic E-state index is 5.92. The zero-order valence-electron chi connectivity index (χ0n) is 13.8. The van der Waals surface area contributed by atoms with Crippen molar-refractivity contribution in [3.63, 3.8) is 0 Å². The summed E-state index contributed by atoms with van der Waals surface area (Å²) in [7, 11) is 1.75. The predicted molar refractivity (Wildman–Crippen MR) is 85.7 cm³/mol. The highest BCUT2D eigenvalue weighted by Crippen LogP contribution is 2.42. The van der Waals surface area contributed by atoms with Gasteiger partial charge in [0.2, 0.25) is 6.79 Å². The number of piperidine rings is 1. The summed E-state index contributed by atoms with van der Waals surface area (Å²) >= 11 is 0. The van der Waals surface area contributed by atoms with Crippen LogP contribution in [-0.4, -0.2) is 51.2 Å². The lowest BCUT2D eigenvalue weighted by molar-refractivity contribution is 0.0284. The molecule has 3 heterocycles. The maximum Gasteiger partial charge on any atom is 0.231 e. The van der Waals surface area contributed by atoms with E-state index in [1.165, 1.54) is 18.4 Å². The molecule has 1 atom stereocenters. The molecule has 0 aliphatic carbocycles. The number of rotatable bonds is 4. The van der Waals surface area contributed by atoms with E-state index in [1.54, 1.807) is 7.11 Å². The minimum absolute atomic E-state index is 0.292. The van der Waals surface area contributed by atoms with Crippen molar-refractivity contribution in [3.05, 3.63) is 23.8 Å². The average Bonchev–Trinajstić information content (AvgIpc) is 3.17. The Kier molecular flexibility index (Phi) is 4.18. The van der Waals surface area contributed by atoms with Gasteiger partial charge in [-0.2, -0.15) is 0 Å². The van der Waals surface area contributed by atoms with Gasteiger partial charge in [-0.3, -0.25) is 4.90 Å². The average molecular weight is 319 g/mol. The van der Waals surface area contributed by atoms with Crippen LogP contribution in [0, 0.1) is 5.41 Å². The number of nitrogens with zero attached hydrogens (tertiary/aromatic N) is 1. The van der Waals surface area contributed by atoms with E-state index in [0.717, 1.165) is 50.8 Å². The molecule has 2 fully saturated rings. The smallest absolute Gasteiger partial charge is 0.231 e. The Morgan fingerprint density at radius 1 is 1.22 bits per heavy atom. The van der Waals surface area contributed by atoms with Crippen LogP contribution in [0.15, 0.2) is 18.2 Å². The molecular formula is C18H25NO4. The van der Waals surface area contributed by atoms with Crippen LogP contribution in [0.2, 0.25) is 0 Å². The maximum absolute atomic E-state index is 5.92. The number of methoxy groups -OCH3 is 1. The molecule has 23 heavy (non-hydrogen) atoms. The first-order valence-electron chi connectivity index (χ1n) is 8.48. The van der Waals surface area contributed by atoms with Gasteiger partial charge in [0.15, 0.2) is 11.5 Å². The lowest BCUT2D eigenvalue weighted by Gasteiger charge is -2.38. The van der Waals surface area contributed by atoms with Crippen LogP contribution in [0.25, 0.3) is 0 Å². The van der Waals surface area contributed by atoms with Gasteiger partial charge >= 0.3 is 0 Å².